The third-order valence-corrected chi connectivity index (χ3v) is 6.33. The second kappa shape index (κ2) is 5.26. The van der Waals surface area contributed by atoms with Gasteiger partial charge in [-0.2, -0.15) is 0 Å². The SMILES string of the molecule is CC(C)(C)C(CCN)NC(=O)C12CC3CC(CC(C3)C1)C2. The van der Waals surface area contributed by atoms with Crippen LogP contribution in [0.25, 0.3) is 0 Å². The third-order valence-electron chi connectivity index (χ3n) is 6.33. The van der Waals surface area contributed by atoms with Crippen molar-refractivity contribution in [2.75, 3.05) is 6.54 Å². The Hall–Kier alpha value is -0.570. The zero-order valence-corrected chi connectivity index (χ0v) is 14.0. The van der Waals surface area contributed by atoms with Crippen LogP contribution in [-0.4, -0.2) is 18.5 Å². The molecule has 4 saturated carbocycles. The van der Waals surface area contributed by atoms with Crippen molar-refractivity contribution < 1.29 is 4.79 Å². The number of nitrogens with two attached hydrogens (primary N) is 1. The molecule has 0 aliphatic heterocycles. The van der Waals surface area contributed by atoms with Crippen molar-refractivity contribution in [2.45, 2.75) is 71.8 Å². The number of amides is 1. The van der Waals surface area contributed by atoms with E-state index in [1.54, 1.807) is 0 Å². The Morgan fingerprint density at radius 1 is 1.14 bits per heavy atom. The third kappa shape index (κ3) is 2.86. The van der Waals surface area contributed by atoms with Gasteiger partial charge in [0, 0.05) is 11.5 Å². The van der Waals surface area contributed by atoms with E-state index in [0.717, 1.165) is 43.4 Å². The number of nitrogens with one attached hydrogen (secondary N) is 1. The number of rotatable bonds is 4. The second-order valence-corrected chi connectivity index (χ2v) is 9.17. The van der Waals surface area contributed by atoms with Crippen LogP contribution < -0.4 is 11.1 Å². The number of hydrogen-bond donors (Lipinski definition) is 2. The summed E-state index contributed by atoms with van der Waals surface area (Å²) in [7, 11) is 0. The molecule has 21 heavy (non-hydrogen) atoms. The molecule has 3 N–H and O–H groups in total. The maximum Gasteiger partial charge on any atom is 0.226 e. The van der Waals surface area contributed by atoms with Gasteiger partial charge in [0.15, 0.2) is 0 Å². The largest absolute Gasteiger partial charge is 0.352 e. The molecule has 0 heterocycles. The van der Waals surface area contributed by atoms with Gasteiger partial charge in [0.2, 0.25) is 5.91 Å². The van der Waals surface area contributed by atoms with Gasteiger partial charge >= 0.3 is 0 Å². The van der Waals surface area contributed by atoms with Gasteiger partial charge in [0.25, 0.3) is 0 Å². The van der Waals surface area contributed by atoms with E-state index < -0.39 is 0 Å². The molecule has 4 bridgehead atoms. The van der Waals surface area contributed by atoms with Crippen molar-refractivity contribution in [1.82, 2.24) is 5.32 Å². The van der Waals surface area contributed by atoms with Gasteiger partial charge in [-0.25, -0.2) is 0 Å². The first kappa shape index (κ1) is 15.3. The summed E-state index contributed by atoms with van der Waals surface area (Å²) in [5, 5.41) is 3.40. The van der Waals surface area contributed by atoms with E-state index in [2.05, 4.69) is 26.1 Å². The fourth-order valence-corrected chi connectivity index (χ4v) is 5.59. The second-order valence-electron chi connectivity index (χ2n) is 9.17. The fourth-order valence-electron chi connectivity index (χ4n) is 5.59. The maximum atomic E-state index is 13.1. The number of carbonyl (C=O) groups is 1. The molecule has 1 amide bonds. The lowest BCUT2D eigenvalue weighted by atomic mass is 9.49. The molecule has 4 rings (SSSR count). The highest BCUT2D eigenvalue weighted by atomic mass is 16.2. The minimum Gasteiger partial charge on any atom is -0.352 e. The summed E-state index contributed by atoms with van der Waals surface area (Å²) < 4.78 is 0. The molecule has 0 aromatic carbocycles. The van der Waals surface area contributed by atoms with E-state index >= 15 is 0 Å². The van der Waals surface area contributed by atoms with Crippen LogP contribution in [0.3, 0.4) is 0 Å². The van der Waals surface area contributed by atoms with E-state index in [9.17, 15) is 4.79 Å². The van der Waals surface area contributed by atoms with Gasteiger partial charge < -0.3 is 11.1 Å². The van der Waals surface area contributed by atoms with E-state index in [1.165, 1.54) is 19.3 Å². The highest BCUT2D eigenvalue weighted by molar-refractivity contribution is 5.83. The summed E-state index contributed by atoms with van der Waals surface area (Å²) in [5.74, 6) is 2.81. The average Bonchev–Trinajstić information content (AvgIpc) is 2.35. The van der Waals surface area contributed by atoms with Crippen molar-refractivity contribution in [3.63, 3.8) is 0 Å². The Bertz CT molecular complexity index is 375. The Morgan fingerprint density at radius 3 is 2.00 bits per heavy atom. The first-order chi connectivity index (χ1) is 9.82. The molecule has 120 valence electrons. The first-order valence-electron chi connectivity index (χ1n) is 8.83. The molecule has 4 aliphatic rings. The van der Waals surface area contributed by atoms with E-state index in [0.29, 0.717) is 12.5 Å². The molecule has 4 aliphatic carbocycles. The molecule has 0 aromatic rings. The predicted molar refractivity (Wildman–Crippen MR) is 85.7 cm³/mol. The summed E-state index contributed by atoms with van der Waals surface area (Å²) >= 11 is 0. The van der Waals surface area contributed by atoms with Crippen LogP contribution in [0.4, 0.5) is 0 Å². The summed E-state index contributed by atoms with van der Waals surface area (Å²) in [4.78, 5) is 13.1. The molecule has 0 spiro atoms. The zero-order valence-electron chi connectivity index (χ0n) is 14.0. The zero-order chi connectivity index (χ0) is 15.3. The molecule has 0 aromatic heterocycles. The van der Waals surface area contributed by atoms with Crippen LogP contribution in [0.15, 0.2) is 0 Å². The van der Waals surface area contributed by atoms with Crippen molar-refractivity contribution >= 4 is 5.91 Å². The topological polar surface area (TPSA) is 55.1 Å². The van der Waals surface area contributed by atoms with Crippen LogP contribution in [-0.2, 0) is 4.79 Å². The minimum absolute atomic E-state index is 0.0349. The molecule has 1 atom stereocenters. The van der Waals surface area contributed by atoms with Gasteiger partial charge in [0.1, 0.15) is 0 Å². The fraction of sp³-hybridized carbons (Fsp3) is 0.944. The predicted octanol–water partition coefficient (Wildman–Crippen LogP) is 3.08. The molecule has 0 radical (unpaired) electrons. The monoisotopic (exact) mass is 292 g/mol. The molecule has 3 nitrogen and oxygen atoms in total. The van der Waals surface area contributed by atoms with Crippen LogP contribution in [0.5, 0.6) is 0 Å². The lowest BCUT2D eigenvalue weighted by molar-refractivity contribution is -0.147. The molecular weight excluding hydrogens is 260 g/mol. The molecule has 4 fully saturated rings. The van der Waals surface area contributed by atoms with Gasteiger partial charge in [-0.3, -0.25) is 4.79 Å². The van der Waals surface area contributed by atoms with Crippen LogP contribution in [0, 0.1) is 28.6 Å². The van der Waals surface area contributed by atoms with Crippen LogP contribution >= 0.6 is 0 Å². The van der Waals surface area contributed by atoms with E-state index in [4.69, 9.17) is 5.73 Å². The molecular formula is C18H32N2O. The van der Waals surface area contributed by atoms with E-state index in [1.807, 2.05) is 0 Å². The van der Waals surface area contributed by atoms with Crippen molar-refractivity contribution in [1.29, 1.82) is 0 Å². The number of carbonyl (C=O) groups excluding carboxylic acids is 1. The van der Waals surface area contributed by atoms with Gasteiger partial charge in [-0.1, -0.05) is 20.8 Å². The van der Waals surface area contributed by atoms with Crippen molar-refractivity contribution in [3.05, 3.63) is 0 Å². The Labute approximate surface area is 129 Å². The summed E-state index contributed by atoms with van der Waals surface area (Å²) in [6, 6.07) is 0.197. The van der Waals surface area contributed by atoms with E-state index in [-0.39, 0.29) is 16.9 Å². The summed E-state index contributed by atoms with van der Waals surface area (Å²) in [6.45, 7) is 7.25. The molecule has 1 unspecified atom stereocenters. The lowest BCUT2D eigenvalue weighted by Gasteiger charge is -2.56. The maximum absolute atomic E-state index is 13.1. The average molecular weight is 292 g/mol. The smallest absolute Gasteiger partial charge is 0.226 e. The van der Waals surface area contributed by atoms with Gasteiger partial charge in [0.05, 0.1) is 0 Å². The quantitative estimate of drug-likeness (QED) is 0.836. The Balaban J connectivity index is 1.72. The van der Waals surface area contributed by atoms with Gasteiger partial charge in [-0.15, -0.1) is 0 Å². The van der Waals surface area contributed by atoms with Crippen LogP contribution in [0.2, 0.25) is 0 Å². The normalized spacial score (nSPS) is 39.3. The highest BCUT2D eigenvalue weighted by Crippen LogP contribution is 2.60. The molecule has 0 saturated heterocycles. The Morgan fingerprint density at radius 2 is 1.62 bits per heavy atom. The molecule has 3 heteroatoms. The summed E-state index contributed by atoms with van der Waals surface area (Å²) in [5.41, 5.74) is 5.80. The first-order valence-corrected chi connectivity index (χ1v) is 8.83. The highest BCUT2D eigenvalue weighted by Gasteiger charge is 2.54. The standard InChI is InChI=1S/C18H32N2O/c1-17(2,3)15(4-5-19)20-16(21)18-9-12-6-13(10-18)8-14(7-12)11-18/h12-15H,4-11,19H2,1-3H3,(H,20,21). The van der Waals surface area contributed by atoms with Crippen molar-refractivity contribution in [2.24, 2.45) is 34.3 Å². The summed E-state index contributed by atoms with van der Waals surface area (Å²) in [6.07, 6.45) is 8.47. The Kier molecular flexibility index (Phi) is 3.84. The van der Waals surface area contributed by atoms with Gasteiger partial charge in [-0.05, 0) is 74.7 Å². The van der Waals surface area contributed by atoms with Crippen LogP contribution in [0.1, 0.15) is 65.7 Å². The van der Waals surface area contributed by atoms with Crippen molar-refractivity contribution in [3.8, 4) is 0 Å². The minimum atomic E-state index is -0.0349. The number of hydrogen-bond acceptors (Lipinski definition) is 2. The lowest BCUT2D eigenvalue weighted by Crippen LogP contribution is -2.57.